The number of halogens is 1. The van der Waals surface area contributed by atoms with Gasteiger partial charge in [0.15, 0.2) is 0 Å². The summed E-state index contributed by atoms with van der Waals surface area (Å²) in [5, 5.41) is 4.30. The first-order chi connectivity index (χ1) is 10.8. The summed E-state index contributed by atoms with van der Waals surface area (Å²) in [6, 6.07) is 17.2. The van der Waals surface area contributed by atoms with Gasteiger partial charge in [-0.25, -0.2) is 0 Å². The molecule has 114 valence electrons. The molecule has 22 heavy (non-hydrogen) atoms. The number of nitrogens with one attached hydrogen (secondary N) is 1. The van der Waals surface area contributed by atoms with Gasteiger partial charge in [0.25, 0.3) is 0 Å². The average molecular weight is 375 g/mol. The van der Waals surface area contributed by atoms with Crippen LogP contribution in [0.25, 0.3) is 0 Å². The van der Waals surface area contributed by atoms with Crippen molar-refractivity contribution in [3.63, 3.8) is 0 Å². The lowest BCUT2D eigenvalue weighted by molar-refractivity contribution is 0.587. The van der Waals surface area contributed by atoms with Gasteiger partial charge < -0.3 is 10.2 Å². The predicted octanol–water partition coefficient (Wildman–Crippen LogP) is 4.05. The van der Waals surface area contributed by atoms with Gasteiger partial charge in [-0.15, -0.1) is 0 Å². The molecule has 0 unspecified atom stereocenters. The van der Waals surface area contributed by atoms with Crippen molar-refractivity contribution in [1.82, 2.24) is 5.32 Å². The largest absolute Gasteiger partial charge is 0.361 e. The zero-order valence-corrected chi connectivity index (χ0v) is 15.1. The van der Waals surface area contributed by atoms with Crippen LogP contribution < -0.4 is 10.2 Å². The second kappa shape index (κ2) is 7.41. The van der Waals surface area contributed by atoms with Crippen LogP contribution in [0.3, 0.4) is 0 Å². The highest BCUT2D eigenvalue weighted by atomic mass is 79.9. The molecule has 0 saturated carbocycles. The number of benzene rings is 1. The Morgan fingerprint density at radius 3 is 2.77 bits per heavy atom. The normalized spacial score (nSPS) is 14.7. The summed E-state index contributed by atoms with van der Waals surface area (Å²) >= 11 is 5.34. The van der Waals surface area contributed by atoms with Gasteiger partial charge in [-0.2, -0.15) is 0 Å². The van der Waals surface area contributed by atoms with Gasteiger partial charge in [-0.05, 0) is 42.3 Å². The molecule has 0 amide bonds. The molecule has 2 nitrogen and oxygen atoms in total. The van der Waals surface area contributed by atoms with E-state index in [1.165, 1.54) is 26.6 Å². The summed E-state index contributed by atoms with van der Waals surface area (Å²) < 4.78 is 0. The van der Waals surface area contributed by atoms with Crippen molar-refractivity contribution in [3.05, 3.63) is 53.6 Å². The van der Waals surface area contributed by atoms with Gasteiger partial charge >= 0.3 is 0 Å². The maximum absolute atomic E-state index is 3.52. The molecule has 0 radical (unpaired) electrons. The van der Waals surface area contributed by atoms with Crippen LogP contribution in [-0.2, 0) is 5.33 Å². The van der Waals surface area contributed by atoms with Crippen LogP contribution in [0.5, 0.6) is 0 Å². The Morgan fingerprint density at radius 1 is 1.23 bits per heavy atom. The van der Waals surface area contributed by atoms with E-state index >= 15 is 0 Å². The molecular formula is C18H19BrN2S. The van der Waals surface area contributed by atoms with Crippen LogP contribution >= 0.6 is 27.7 Å². The number of rotatable bonds is 4. The van der Waals surface area contributed by atoms with Gasteiger partial charge in [0.1, 0.15) is 5.69 Å². The van der Waals surface area contributed by atoms with Crippen LogP contribution in [-0.4, -0.2) is 26.2 Å². The van der Waals surface area contributed by atoms with E-state index in [9.17, 15) is 0 Å². The number of piperazine rings is 1. The molecule has 1 aliphatic heterocycles. The van der Waals surface area contributed by atoms with Gasteiger partial charge in [0.05, 0.1) is 0 Å². The Bertz CT molecular complexity index is 639. The quantitative estimate of drug-likeness (QED) is 0.812. The highest BCUT2D eigenvalue weighted by Crippen LogP contribution is 2.36. The van der Waals surface area contributed by atoms with Gasteiger partial charge in [0, 0.05) is 41.3 Å². The van der Waals surface area contributed by atoms with Crippen molar-refractivity contribution in [2.24, 2.45) is 0 Å². The fraction of sp³-hybridized carbons (Fsp3) is 0.333. The van der Waals surface area contributed by atoms with E-state index in [0.717, 1.165) is 31.5 Å². The molecular weight excluding hydrogens is 356 g/mol. The highest BCUT2D eigenvalue weighted by molar-refractivity contribution is 9.08. The molecule has 3 rings (SSSR count). The lowest BCUT2D eigenvalue weighted by atomic mass is 10.2. The van der Waals surface area contributed by atoms with Gasteiger partial charge in [0.2, 0.25) is 0 Å². The van der Waals surface area contributed by atoms with Crippen LogP contribution in [0.15, 0.2) is 40.1 Å². The van der Waals surface area contributed by atoms with E-state index < -0.39 is 0 Å². The molecule has 1 fully saturated rings. The molecule has 1 aliphatic rings. The van der Waals surface area contributed by atoms with Crippen molar-refractivity contribution in [2.45, 2.75) is 22.0 Å². The number of anilines is 1. The molecule has 0 aromatic heterocycles. The minimum Gasteiger partial charge on any atom is -0.361 e. The van der Waals surface area contributed by atoms with Crippen LogP contribution in [0.4, 0.5) is 5.69 Å². The molecule has 1 saturated heterocycles. The third-order valence-electron chi connectivity index (χ3n) is 3.79. The molecule has 4 heteroatoms. The summed E-state index contributed by atoms with van der Waals surface area (Å²) in [7, 11) is 0. The minimum atomic E-state index is 0.902. The fourth-order valence-corrected chi connectivity index (χ4v) is 3.96. The molecule has 2 aromatic carbocycles. The molecule has 0 atom stereocenters. The molecule has 1 heterocycles. The summed E-state index contributed by atoms with van der Waals surface area (Å²) in [6.07, 6.45) is 0. The Labute approximate surface area is 145 Å². The van der Waals surface area contributed by atoms with E-state index in [0.29, 0.717) is 0 Å². The minimum absolute atomic E-state index is 0.902. The van der Waals surface area contributed by atoms with Crippen molar-refractivity contribution < 1.29 is 0 Å². The summed E-state index contributed by atoms with van der Waals surface area (Å²) in [5.41, 5.74) is 3.82. The van der Waals surface area contributed by atoms with Crippen molar-refractivity contribution in [1.29, 1.82) is 0 Å². The number of alkyl halides is 1. The van der Waals surface area contributed by atoms with E-state index in [1.807, 2.05) is 17.8 Å². The number of hydrogen-bond donors (Lipinski definition) is 1. The Morgan fingerprint density at radius 2 is 2.05 bits per heavy atom. The zero-order valence-electron chi connectivity index (χ0n) is 12.7. The van der Waals surface area contributed by atoms with Gasteiger partial charge in [-0.1, -0.05) is 45.9 Å². The second-order valence-corrected chi connectivity index (χ2v) is 7.03. The molecule has 2 aromatic rings. The van der Waals surface area contributed by atoms with E-state index in [4.69, 9.17) is 0 Å². The third-order valence-corrected chi connectivity index (χ3v) is 5.66. The van der Waals surface area contributed by atoms with E-state index in [1.54, 1.807) is 0 Å². The Hall–Kier alpha value is -1.15. The lowest BCUT2D eigenvalue weighted by Crippen LogP contribution is -2.43. The fourth-order valence-electron chi connectivity index (χ4n) is 2.60. The van der Waals surface area contributed by atoms with Crippen molar-refractivity contribution in [2.75, 3.05) is 31.1 Å². The van der Waals surface area contributed by atoms with Crippen LogP contribution in [0, 0.1) is 19.1 Å². The second-order valence-electron chi connectivity index (χ2n) is 5.39. The van der Waals surface area contributed by atoms with Crippen molar-refractivity contribution in [3.8, 4) is 0 Å². The number of aryl methyl sites for hydroxylation is 1. The molecule has 0 spiro atoms. The first kappa shape index (κ1) is 15.7. The average Bonchev–Trinajstić information content (AvgIpc) is 2.58. The first-order valence-corrected chi connectivity index (χ1v) is 9.43. The summed E-state index contributed by atoms with van der Waals surface area (Å²) in [5.74, 6) is 0. The number of nitrogens with zero attached hydrogens (tertiary/aromatic N) is 1. The first-order valence-electron chi connectivity index (χ1n) is 7.49. The molecule has 0 aliphatic carbocycles. The summed E-state index contributed by atoms with van der Waals surface area (Å²) in [4.78, 5) is 4.97. The molecule has 1 N–H and O–H groups in total. The lowest BCUT2D eigenvalue weighted by Gasteiger charge is -2.29. The topological polar surface area (TPSA) is 15.3 Å². The standard InChI is InChI=1S/C18H19BrN2S/c1-14-12-15(13-19)6-7-17(14)22-18-5-3-2-4-16(18)21-10-8-20-9-11-21/h3,5-7,12,20H,8-11,13H2,1H3. The van der Waals surface area contributed by atoms with E-state index in [-0.39, 0.29) is 0 Å². The van der Waals surface area contributed by atoms with Crippen molar-refractivity contribution >= 4 is 33.4 Å². The Balaban J connectivity index is 1.86. The highest BCUT2D eigenvalue weighted by Gasteiger charge is 2.15. The molecule has 0 bridgehead atoms. The maximum Gasteiger partial charge on any atom is 0.103 e. The van der Waals surface area contributed by atoms with Gasteiger partial charge in [-0.3, -0.25) is 0 Å². The summed E-state index contributed by atoms with van der Waals surface area (Å²) in [6.45, 7) is 6.31. The van der Waals surface area contributed by atoms with Crippen LogP contribution in [0.2, 0.25) is 0 Å². The SMILES string of the molecule is Cc1cc(CBr)ccc1Sc1ccc#cc1N1CCNCC1. The smallest absolute Gasteiger partial charge is 0.103 e. The van der Waals surface area contributed by atoms with Crippen LogP contribution in [0.1, 0.15) is 11.1 Å². The third kappa shape index (κ3) is 3.60. The van der Waals surface area contributed by atoms with E-state index in [2.05, 4.69) is 69.5 Å². The Kier molecular flexibility index (Phi) is 5.30. The predicted molar refractivity (Wildman–Crippen MR) is 97.1 cm³/mol. The zero-order chi connectivity index (χ0) is 15.4. The maximum atomic E-state index is 3.52. The monoisotopic (exact) mass is 374 g/mol. The number of hydrogen-bond acceptors (Lipinski definition) is 3.